The molecule has 1 aromatic carbocycles. The molecule has 25 heavy (non-hydrogen) atoms. The topological polar surface area (TPSA) is 69.7 Å². The standard InChI is InChI=1S/C19H25N3O3/c1-4-16(23)21-7-9-22(10-8-21)17(24)12-13-5-6-15-14(11-13)19(2,3)18(25)20-15/h5-6,11H,4,7-10,12H2,1-3H3,(H,20,25). The second-order valence-electron chi connectivity index (χ2n) is 7.25. The van der Waals surface area contributed by atoms with Crippen molar-refractivity contribution >= 4 is 23.4 Å². The summed E-state index contributed by atoms with van der Waals surface area (Å²) in [4.78, 5) is 40.0. The smallest absolute Gasteiger partial charge is 0.234 e. The summed E-state index contributed by atoms with van der Waals surface area (Å²) in [6, 6.07) is 5.74. The van der Waals surface area contributed by atoms with Crippen molar-refractivity contribution < 1.29 is 14.4 Å². The lowest BCUT2D eigenvalue weighted by atomic mass is 9.85. The third-order valence-corrected chi connectivity index (χ3v) is 5.22. The van der Waals surface area contributed by atoms with Crippen LogP contribution in [0.1, 0.15) is 38.3 Å². The van der Waals surface area contributed by atoms with E-state index >= 15 is 0 Å². The Morgan fingerprint density at radius 3 is 2.28 bits per heavy atom. The highest BCUT2D eigenvalue weighted by atomic mass is 16.2. The summed E-state index contributed by atoms with van der Waals surface area (Å²) in [6.07, 6.45) is 0.824. The van der Waals surface area contributed by atoms with Gasteiger partial charge in [0.1, 0.15) is 0 Å². The van der Waals surface area contributed by atoms with Gasteiger partial charge in [-0.2, -0.15) is 0 Å². The average Bonchev–Trinajstić information content (AvgIpc) is 2.83. The third-order valence-electron chi connectivity index (χ3n) is 5.22. The van der Waals surface area contributed by atoms with Gasteiger partial charge in [0, 0.05) is 38.3 Å². The number of fused-ring (bicyclic) bond motifs is 1. The van der Waals surface area contributed by atoms with Gasteiger partial charge in [0.25, 0.3) is 0 Å². The normalized spacial score (nSPS) is 18.8. The van der Waals surface area contributed by atoms with Crippen LogP contribution in [0.25, 0.3) is 0 Å². The molecule has 0 aromatic heterocycles. The molecule has 2 aliphatic heterocycles. The first-order valence-corrected chi connectivity index (χ1v) is 8.83. The maximum absolute atomic E-state index is 12.6. The molecule has 134 valence electrons. The minimum Gasteiger partial charge on any atom is -0.339 e. The van der Waals surface area contributed by atoms with Crippen LogP contribution in [-0.4, -0.2) is 53.7 Å². The molecule has 0 aliphatic carbocycles. The number of piperazine rings is 1. The van der Waals surface area contributed by atoms with Crippen molar-refractivity contribution in [1.82, 2.24) is 9.80 Å². The average molecular weight is 343 g/mol. The number of nitrogens with zero attached hydrogens (tertiary/aromatic N) is 2. The summed E-state index contributed by atoms with van der Waals surface area (Å²) in [5, 5.41) is 2.88. The minimum atomic E-state index is -0.569. The van der Waals surface area contributed by atoms with Crippen molar-refractivity contribution in [2.45, 2.75) is 39.0 Å². The summed E-state index contributed by atoms with van der Waals surface area (Å²) < 4.78 is 0. The van der Waals surface area contributed by atoms with E-state index in [1.165, 1.54) is 0 Å². The molecule has 0 unspecified atom stereocenters. The van der Waals surface area contributed by atoms with Crippen LogP contribution in [0.3, 0.4) is 0 Å². The van der Waals surface area contributed by atoms with Crippen molar-refractivity contribution in [2.75, 3.05) is 31.5 Å². The summed E-state index contributed by atoms with van der Waals surface area (Å²) in [7, 11) is 0. The zero-order valence-corrected chi connectivity index (χ0v) is 15.1. The molecule has 0 spiro atoms. The van der Waals surface area contributed by atoms with E-state index in [4.69, 9.17) is 0 Å². The van der Waals surface area contributed by atoms with Crippen LogP contribution in [-0.2, 0) is 26.2 Å². The number of anilines is 1. The Labute approximate surface area is 148 Å². The van der Waals surface area contributed by atoms with Gasteiger partial charge in [0.05, 0.1) is 11.8 Å². The van der Waals surface area contributed by atoms with Crippen LogP contribution in [0, 0.1) is 0 Å². The highest BCUT2D eigenvalue weighted by Gasteiger charge is 2.38. The second kappa shape index (κ2) is 6.50. The molecule has 1 N–H and O–H groups in total. The van der Waals surface area contributed by atoms with Gasteiger partial charge in [-0.3, -0.25) is 14.4 Å². The van der Waals surface area contributed by atoms with Gasteiger partial charge in [0.2, 0.25) is 17.7 Å². The number of amides is 3. The Balaban J connectivity index is 1.64. The van der Waals surface area contributed by atoms with Crippen molar-refractivity contribution in [3.8, 4) is 0 Å². The van der Waals surface area contributed by atoms with E-state index in [0.717, 1.165) is 16.8 Å². The molecule has 6 nitrogen and oxygen atoms in total. The van der Waals surface area contributed by atoms with Gasteiger partial charge < -0.3 is 15.1 Å². The van der Waals surface area contributed by atoms with Gasteiger partial charge in [0.15, 0.2) is 0 Å². The van der Waals surface area contributed by atoms with Crippen LogP contribution >= 0.6 is 0 Å². The van der Waals surface area contributed by atoms with Crippen LogP contribution in [0.4, 0.5) is 5.69 Å². The molecule has 3 rings (SSSR count). The summed E-state index contributed by atoms with van der Waals surface area (Å²) >= 11 is 0. The number of rotatable bonds is 3. The van der Waals surface area contributed by atoms with E-state index in [9.17, 15) is 14.4 Å². The van der Waals surface area contributed by atoms with Crippen LogP contribution in [0.15, 0.2) is 18.2 Å². The van der Waals surface area contributed by atoms with Crippen molar-refractivity contribution in [2.24, 2.45) is 0 Å². The molecule has 0 radical (unpaired) electrons. The zero-order chi connectivity index (χ0) is 18.2. The lowest BCUT2D eigenvalue weighted by Gasteiger charge is -2.34. The molecule has 3 amide bonds. The largest absolute Gasteiger partial charge is 0.339 e. The Hall–Kier alpha value is -2.37. The van der Waals surface area contributed by atoms with Gasteiger partial charge in [-0.1, -0.05) is 19.1 Å². The van der Waals surface area contributed by atoms with Gasteiger partial charge in [-0.25, -0.2) is 0 Å². The molecule has 1 fully saturated rings. The molecule has 2 heterocycles. The van der Waals surface area contributed by atoms with E-state index in [0.29, 0.717) is 39.0 Å². The van der Waals surface area contributed by atoms with E-state index in [1.807, 2.05) is 48.8 Å². The van der Waals surface area contributed by atoms with Crippen LogP contribution in [0.5, 0.6) is 0 Å². The summed E-state index contributed by atoms with van der Waals surface area (Å²) in [5.74, 6) is 0.200. The molecule has 1 aromatic rings. The molecule has 1 saturated heterocycles. The zero-order valence-electron chi connectivity index (χ0n) is 15.1. The number of benzene rings is 1. The SMILES string of the molecule is CCC(=O)N1CCN(C(=O)Cc2ccc3c(c2)C(C)(C)C(=O)N3)CC1. The van der Waals surface area contributed by atoms with Crippen molar-refractivity contribution in [3.05, 3.63) is 29.3 Å². The number of carbonyl (C=O) groups excluding carboxylic acids is 3. The summed E-state index contributed by atoms with van der Waals surface area (Å²) in [5.41, 5.74) is 2.13. The maximum atomic E-state index is 12.6. The fraction of sp³-hybridized carbons (Fsp3) is 0.526. The second-order valence-corrected chi connectivity index (χ2v) is 7.25. The fourth-order valence-electron chi connectivity index (χ4n) is 3.44. The van der Waals surface area contributed by atoms with E-state index < -0.39 is 5.41 Å². The molecule has 6 heteroatoms. The van der Waals surface area contributed by atoms with Gasteiger partial charge in [-0.15, -0.1) is 0 Å². The Bertz CT molecular complexity index is 719. The van der Waals surface area contributed by atoms with Crippen molar-refractivity contribution in [3.63, 3.8) is 0 Å². The predicted octanol–water partition coefficient (Wildman–Crippen LogP) is 1.54. The van der Waals surface area contributed by atoms with Gasteiger partial charge >= 0.3 is 0 Å². The molecule has 0 bridgehead atoms. The highest BCUT2D eigenvalue weighted by Crippen LogP contribution is 2.37. The van der Waals surface area contributed by atoms with Crippen LogP contribution in [0.2, 0.25) is 0 Å². The number of carbonyl (C=O) groups is 3. The number of hydrogen-bond donors (Lipinski definition) is 1. The van der Waals surface area contributed by atoms with Crippen LogP contribution < -0.4 is 5.32 Å². The van der Waals surface area contributed by atoms with E-state index in [2.05, 4.69) is 5.32 Å². The minimum absolute atomic E-state index is 0.0114. The number of nitrogens with one attached hydrogen (secondary N) is 1. The Kier molecular flexibility index (Phi) is 4.54. The predicted molar refractivity (Wildman–Crippen MR) is 95.3 cm³/mol. The third kappa shape index (κ3) is 3.25. The lowest BCUT2D eigenvalue weighted by molar-refractivity contribution is -0.139. The molecular formula is C19H25N3O3. The highest BCUT2D eigenvalue weighted by molar-refractivity contribution is 6.05. The van der Waals surface area contributed by atoms with Crippen molar-refractivity contribution in [1.29, 1.82) is 0 Å². The lowest BCUT2D eigenvalue weighted by Crippen LogP contribution is -2.50. The number of hydrogen-bond acceptors (Lipinski definition) is 3. The molecule has 2 aliphatic rings. The monoisotopic (exact) mass is 343 g/mol. The first-order chi connectivity index (χ1) is 11.8. The molecule has 0 saturated carbocycles. The van der Waals surface area contributed by atoms with E-state index in [-0.39, 0.29) is 17.7 Å². The van der Waals surface area contributed by atoms with E-state index in [1.54, 1.807) is 0 Å². The van der Waals surface area contributed by atoms with Gasteiger partial charge in [-0.05, 0) is 31.0 Å². The fourth-order valence-corrected chi connectivity index (χ4v) is 3.44. The first kappa shape index (κ1) is 17.5. The first-order valence-electron chi connectivity index (χ1n) is 8.83. The summed E-state index contributed by atoms with van der Waals surface area (Å²) in [6.45, 7) is 8.02. The Morgan fingerprint density at radius 1 is 1.08 bits per heavy atom. The molecule has 0 atom stereocenters. The Morgan fingerprint density at radius 2 is 1.68 bits per heavy atom. The maximum Gasteiger partial charge on any atom is 0.234 e. The quantitative estimate of drug-likeness (QED) is 0.905. The molecular weight excluding hydrogens is 318 g/mol.